The number of hydrogen-bond acceptors (Lipinski definition) is 6. The average molecular weight is 434 g/mol. The van der Waals surface area contributed by atoms with E-state index >= 15 is 0 Å². The Morgan fingerprint density at radius 2 is 1.59 bits per heavy atom. The van der Waals surface area contributed by atoms with Crippen LogP contribution in [0.2, 0.25) is 10.0 Å². The molecule has 0 fully saturated rings. The zero-order valence-electron chi connectivity index (χ0n) is 14.1. The van der Waals surface area contributed by atoms with Crippen LogP contribution in [0.4, 0.5) is 10.8 Å². The van der Waals surface area contributed by atoms with Crippen molar-refractivity contribution in [3.05, 3.63) is 63.3 Å². The van der Waals surface area contributed by atoms with Crippen LogP contribution in [0.1, 0.15) is 0 Å². The van der Waals surface area contributed by atoms with Gasteiger partial charge in [0, 0.05) is 32.1 Å². The van der Waals surface area contributed by atoms with Gasteiger partial charge in [-0.15, -0.1) is 22.7 Å². The molecule has 0 atom stereocenters. The number of rotatable bonds is 5. The van der Waals surface area contributed by atoms with Crippen molar-refractivity contribution in [3.8, 4) is 27.7 Å². The van der Waals surface area contributed by atoms with E-state index in [2.05, 4.69) is 10.3 Å². The summed E-state index contributed by atoms with van der Waals surface area (Å²) in [6, 6.07) is 13.1. The molecule has 4 aromatic rings. The molecular formula is C19H13Cl2N3OS2. The lowest BCUT2D eigenvalue weighted by molar-refractivity contribution is 0.415. The zero-order valence-corrected chi connectivity index (χ0v) is 17.2. The number of halogens is 2. The molecule has 0 unspecified atom stereocenters. The summed E-state index contributed by atoms with van der Waals surface area (Å²) >= 11 is 15.1. The van der Waals surface area contributed by atoms with Crippen LogP contribution in [-0.4, -0.2) is 17.1 Å². The predicted molar refractivity (Wildman–Crippen MR) is 115 cm³/mol. The van der Waals surface area contributed by atoms with Crippen molar-refractivity contribution in [3.63, 3.8) is 0 Å². The standard InChI is InChI=1S/C19H13Cl2N3OS2/c1-25-15-4-2-11(3-5-15)16-9-26-18(23-16)17-10-27-19(24-17)22-14-7-12(20)6-13(21)8-14/h2-10H,1H3,(H,22,24). The molecule has 0 aliphatic heterocycles. The van der Waals surface area contributed by atoms with Gasteiger partial charge in [0.25, 0.3) is 0 Å². The SMILES string of the molecule is COc1ccc(-c2csc(-c3csc(Nc4cc(Cl)cc(Cl)c4)n3)n2)cc1. The first-order chi connectivity index (χ1) is 13.1. The Labute approximate surface area is 174 Å². The fourth-order valence-electron chi connectivity index (χ4n) is 2.46. The van der Waals surface area contributed by atoms with Crippen LogP contribution in [0.15, 0.2) is 53.2 Å². The second-order valence-electron chi connectivity index (χ2n) is 5.59. The van der Waals surface area contributed by atoms with Crippen LogP contribution in [0.25, 0.3) is 22.0 Å². The van der Waals surface area contributed by atoms with Crippen LogP contribution >= 0.6 is 45.9 Å². The Kier molecular flexibility index (Phi) is 5.31. The maximum absolute atomic E-state index is 6.04. The molecule has 2 aromatic carbocycles. The molecule has 0 saturated heterocycles. The van der Waals surface area contributed by atoms with Gasteiger partial charge in [0.2, 0.25) is 0 Å². The van der Waals surface area contributed by atoms with Crippen LogP contribution in [0.3, 0.4) is 0 Å². The normalized spacial score (nSPS) is 10.8. The van der Waals surface area contributed by atoms with E-state index in [1.807, 2.05) is 35.0 Å². The highest BCUT2D eigenvalue weighted by Gasteiger charge is 2.11. The lowest BCUT2D eigenvalue weighted by Crippen LogP contribution is -1.89. The third-order valence-electron chi connectivity index (χ3n) is 3.73. The fourth-order valence-corrected chi connectivity index (χ4v) is 4.57. The number of aromatic nitrogens is 2. The van der Waals surface area contributed by atoms with Crippen LogP contribution in [0.5, 0.6) is 5.75 Å². The number of methoxy groups -OCH3 is 1. The molecule has 8 heteroatoms. The second-order valence-corrected chi connectivity index (χ2v) is 8.18. The quantitative estimate of drug-likeness (QED) is 0.368. The summed E-state index contributed by atoms with van der Waals surface area (Å²) < 4.78 is 5.20. The van der Waals surface area contributed by atoms with E-state index in [4.69, 9.17) is 32.9 Å². The van der Waals surface area contributed by atoms with E-state index in [0.717, 1.165) is 38.5 Å². The van der Waals surface area contributed by atoms with Crippen molar-refractivity contribution in [2.24, 2.45) is 0 Å². The topological polar surface area (TPSA) is 47.0 Å². The minimum absolute atomic E-state index is 0.575. The molecule has 0 aliphatic rings. The first kappa shape index (κ1) is 18.3. The summed E-state index contributed by atoms with van der Waals surface area (Å²) in [5.41, 5.74) is 3.59. The summed E-state index contributed by atoms with van der Waals surface area (Å²) in [4.78, 5) is 9.33. The first-order valence-corrected chi connectivity index (χ1v) is 10.4. The van der Waals surface area contributed by atoms with E-state index in [0.29, 0.717) is 10.0 Å². The molecule has 2 heterocycles. The summed E-state index contributed by atoms with van der Waals surface area (Å²) in [5.74, 6) is 0.825. The molecule has 0 aliphatic carbocycles. The van der Waals surface area contributed by atoms with E-state index in [1.54, 1.807) is 36.6 Å². The number of thiazole rings is 2. The van der Waals surface area contributed by atoms with Crippen molar-refractivity contribution in [1.82, 2.24) is 9.97 Å². The van der Waals surface area contributed by atoms with Gasteiger partial charge in [-0.1, -0.05) is 23.2 Å². The molecular weight excluding hydrogens is 421 g/mol. The van der Waals surface area contributed by atoms with Crippen molar-refractivity contribution < 1.29 is 4.74 Å². The molecule has 4 nitrogen and oxygen atoms in total. The van der Waals surface area contributed by atoms with Crippen molar-refractivity contribution in [1.29, 1.82) is 0 Å². The summed E-state index contributed by atoms with van der Waals surface area (Å²) in [7, 11) is 1.65. The van der Waals surface area contributed by atoms with E-state index in [1.165, 1.54) is 11.3 Å². The molecule has 0 radical (unpaired) electrons. The predicted octanol–water partition coefficient (Wildman–Crippen LogP) is 6.99. The number of anilines is 2. The van der Waals surface area contributed by atoms with Gasteiger partial charge in [-0.25, -0.2) is 9.97 Å². The Hall–Kier alpha value is -2.12. The van der Waals surface area contributed by atoms with Gasteiger partial charge in [-0.3, -0.25) is 0 Å². The molecule has 27 heavy (non-hydrogen) atoms. The largest absolute Gasteiger partial charge is 0.497 e. The highest BCUT2D eigenvalue weighted by atomic mass is 35.5. The van der Waals surface area contributed by atoms with Crippen LogP contribution in [-0.2, 0) is 0 Å². The molecule has 136 valence electrons. The smallest absolute Gasteiger partial charge is 0.187 e. The lowest BCUT2D eigenvalue weighted by Gasteiger charge is -2.03. The molecule has 0 amide bonds. The zero-order chi connectivity index (χ0) is 18.8. The Balaban J connectivity index is 1.54. The van der Waals surface area contributed by atoms with Gasteiger partial charge >= 0.3 is 0 Å². The summed E-state index contributed by atoms with van der Waals surface area (Å²) in [6.07, 6.45) is 0. The van der Waals surface area contributed by atoms with Crippen LogP contribution < -0.4 is 10.1 Å². The van der Waals surface area contributed by atoms with E-state index in [9.17, 15) is 0 Å². The molecule has 1 N–H and O–H groups in total. The first-order valence-electron chi connectivity index (χ1n) is 7.90. The highest BCUT2D eigenvalue weighted by Crippen LogP contribution is 2.33. The number of ether oxygens (including phenoxy) is 1. The van der Waals surface area contributed by atoms with Gasteiger partial charge in [-0.05, 0) is 42.5 Å². The number of benzene rings is 2. The van der Waals surface area contributed by atoms with Gasteiger partial charge in [0.15, 0.2) is 5.13 Å². The monoisotopic (exact) mass is 433 g/mol. The number of nitrogens with zero attached hydrogens (tertiary/aromatic N) is 2. The molecule has 0 spiro atoms. The molecule has 2 aromatic heterocycles. The highest BCUT2D eigenvalue weighted by molar-refractivity contribution is 7.15. The summed E-state index contributed by atoms with van der Waals surface area (Å²) in [6.45, 7) is 0. The number of nitrogens with one attached hydrogen (secondary N) is 1. The van der Waals surface area contributed by atoms with E-state index in [-0.39, 0.29) is 0 Å². The maximum atomic E-state index is 6.04. The third-order valence-corrected chi connectivity index (χ3v) is 5.79. The van der Waals surface area contributed by atoms with Gasteiger partial charge < -0.3 is 10.1 Å². The molecule has 0 saturated carbocycles. The maximum Gasteiger partial charge on any atom is 0.187 e. The average Bonchev–Trinajstić information content (AvgIpc) is 3.30. The fraction of sp³-hybridized carbons (Fsp3) is 0.0526. The lowest BCUT2D eigenvalue weighted by atomic mass is 10.2. The third kappa shape index (κ3) is 4.25. The van der Waals surface area contributed by atoms with Crippen molar-refractivity contribution >= 4 is 56.7 Å². The number of hydrogen-bond donors (Lipinski definition) is 1. The minimum Gasteiger partial charge on any atom is -0.497 e. The van der Waals surface area contributed by atoms with Crippen LogP contribution in [0, 0.1) is 0 Å². The summed E-state index contributed by atoms with van der Waals surface area (Å²) in [5, 5.41) is 10.0. The Bertz CT molecular complexity index is 1060. The minimum atomic E-state index is 0.575. The molecule has 4 rings (SSSR count). The van der Waals surface area contributed by atoms with Gasteiger partial charge in [0.1, 0.15) is 16.5 Å². The van der Waals surface area contributed by atoms with Gasteiger partial charge in [0.05, 0.1) is 12.8 Å². The van der Waals surface area contributed by atoms with Gasteiger partial charge in [-0.2, -0.15) is 0 Å². The molecule has 0 bridgehead atoms. The second kappa shape index (κ2) is 7.86. The Morgan fingerprint density at radius 1 is 0.889 bits per heavy atom. The van der Waals surface area contributed by atoms with E-state index < -0.39 is 0 Å². The van der Waals surface area contributed by atoms with Crippen molar-refractivity contribution in [2.75, 3.05) is 12.4 Å². The van der Waals surface area contributed by atoms with Crippen molar-refractivity contribution in [2.45, 2.75) is 0 Å². The Morgan fingerprint density at radius 3 is 2.30 bits per heavy atom.